The molecule has 1 heterocycles. The van der Waals surface area contributed by atoms with Gasteiger partial charge in [-0.05, 0) is 49.9 Å². The predicted octanol–water partition coefficient (Wildman–Crippen LogP) is 2.12. The van der Waals surface area contributed by atoms with Crippen LogP contribution in [-0.2, 0) is 0 Å². The van der Waals surface area contributed by atoms with Crippen molar-refractivity contribution in [2.24, 2.45) is 5.73 Å². The average Bonchev–Trinajstić information content (AvgIpc) is 2.98. The zero-order valence-electron chi connectivity index (χ0n) is 11.2. The maximum absolute atomic E-state index is 8.80. The highest BCUT2D eigenvalue weighted by Gasteiger charge is 2.22. The molecular formula is C15H17N5. The van der Waals surface area contributed by atoms with Crippen LogP contribution in [0.2, 0.25) is 0 Å². The second-order valence-corrected chi connectivity index (χ2v) is 5.36. The van der Waals surface area contributed by atoms with Crippen molar-refractivity contribution < 1.29 is 0 Å². The molecule has 5 nitrogen and oxygen atoms in total. The molecule has 1 aromatic heterocycles. The number of nitrogens with zero attached hydrogens (tertiary/aromatic N) is 4. The van der Waals surface area contributed by atoms with Gasteiger partial charge < -0.3 is 5.73 Å². The van der Waals surface area contributed by atoms with Gasteiger partial charge in [-0.1, -0.05) is 5.21 Å². The van der Waals surface area contributed by atoms with Crippen LogP contribution in [0.25, 0.3) is 5.69 Å². The number of benzene rings is 1. The molecule has 0 amide bonds. The monoisotopic (exact) mass is 267 g/mol. The van der Waals surface area contributed by atoms with Crippen LogP contribution in [0.4, 0.5) is 0 Å². The molecule has 0 aliphatic heterocycles. The molecule has 0 spiro atoms. The summed E-state index contributed by atoms with van der Waals surface area (Å²) in [7, 11) is 0. The van der Waals surface area contributed by atoms with E-state index in [1.54, 1.807) is 16.8 Å². The lowest BCUT2D eigenvalue weighted by molar-refractivity contribution is 0.390. The van der Waals surface area contributed by atoms with Crippen LogP contribution in [-0.4, -0.2) is 21.0 Å². The maximum Gasteiger partial charge on any atom is 0.0991 e. The molecular weight excluding hydrogens is 250 g/mol. The lowest BCUT2D eigenvalue weighted by Gasteiger charge is -2.24. The Morgan fingerprint density at radius 2 is 1.85 bits per heavy atom. The van der Waals surface area contributed by atoms with Gasteiger partial charge in [-0.3, -0.25) is 0 Å². The Morgan fingerprint density at radius 1 is 1.15 bits per heavy atom. The van der Waals surface area contributed by atoms with Gasteiger partial charge >= 0.3 is 0 Å². The highest BCUT2D eigenvalue weighted by Crippen LogP contribution is 2.31. The largest absolute Gasteiger partial charge is 0.328 e. The van der Waals surface area contributed by atoms with E-state index in [9.17, 15) is 0 Å². The summed E-state index contributed by atoms with van der Waals surface area (Å²) in [5.74, 6) is 0.474. The van der Waals surface area contributed by atoms with Crippen molar-refractivity contribution in [2.75, 3.05) is 0 Å². The molecule has 0 saturated heterocycles. The normalized spacial score (nSPS) is 22.4. The summed E-state index contributed by atoms with van der Waals surface area (Å²) >= 11 is 0. The van der Waals surface area contributed by atoms with E-state index >= 15 is 0 Å². The first-order valence-corrected chi connectivity index (χ1v) is 6.94. The highest BCUT2D eigenvalue weighted by atomic mass is 15.4. The summed E-state index contributed by atoms with van der Waals surface area (Å²) in [5.41, 5.74) is 8.55. The Balaban J connectivity index is 1.77. The van der Waals surface area contributed by atoms with Gasteiger partial charge in [0.05, 0.1) is 29.2 Å². The number of rotatable bonds is 2. The van der Waals surface area contributed by atoms with Gasteiger partial charge in [-0.25, -0.2) is 4.68 Å². The van der Waals surface area contributed by atoms with Crippen LogP contribution in [0.1, 0.15) is 42.9 Å². The molecule has 1 aromatic carbocycles. The Bertz CT molecular complexity index is 614. The Labute approximate surface area is 118 Å². The van der Waals surface area contributed by atoms with E-state index < -0.39 is 0 Å². The van der Waals surface area contributed by atoms with E-state index in [2.05, 4.69) is 16.4 Å². The first-order chi connectivity index (χ1) is 9.76. The second-order valence-electron chi connectivity index (χ2n) is 5.36. The molecule has 2 aromatic rings. The predicted molar refractivity (Wildman–Crippen MR) is 75.3 cm³/mol. The molecule has 1 fully saturated rings. The van der Waals surface area contributed by atoms with Crippen molar-refractivity contribution in [1.82, 2.24) is 15.0 Å². The first kappa shape index (κ1) is 12.8. The summed E-state index contributed by atoms with van der Waals surface area (Å²) in [6, 6.07) is 9.80. The lowest BCUT2D eigenvalue weighted by atomic mass is 9.85. The van der Waals surface area contributed by atoms with Crippen LogP contribution < -0.4 is 5.73 Å². The summed E-state index contributed by atoms with van der Waals surface area (Å²) in [5, 5.41) is 17.3. The van der Waals surface area contributed by atoms with E-state index in [1.807, 2.05) is 18.3 Å². The molecule has 5 heteroatoms. The lowest BCUT2D eigenvalue weighted by Crippen LogP contribution is -2.25. The van der Waals surface area contributed by atoms with Gasteiger partial charge in [-0.2, -0.15) is 5.26 Å². The second kappa shape index (κ2) is 5.43. The SMILES string of the molecule is N#Cc1ccc(-n2cc(C3CCC(N)CC3)nn2)cc1. The standard InChI is InChI=1S/C15H17N5/c16-9-11-1-7-14(8-2-11)20-10-15(18-19-20)12-3-5-13(17)6-4-12/h1-2,7-8,10,12-13H,3-6,17H2. The van der Waals surface area contributed by atoms with Gasteiger partial charge in [0.1, 0.15) is 0 Å². The Kier molecular flexibility index (Phi) is 3.48. The minimum absolute atomic E-state index is 0.347. The molecule has 3 rings (SSSR count). The zero-order chi connectivity index (χ0) is 13.9. The molecule has 102 valence electrons. The van der Waals surface area contributed by atoms with Crippen molar-refractivity contribution in [3.05, 3.63) is 41.7 Å². The molecule has 0 unspecified atom stereocenters. The third kappa shape index (κ3) is 2.56. The minimum atomic E-state index is 0.347. The highest BCUT2D eigenvalue weighted by molar-refractivity contribution is 5.38. The van der Waals surface area contributed by atoms with Crippen LogP contribution in [0.5, 0.6) is 0 Å². The van der Waals surface area contributed by atoms with Gasteiger partial charge in [0.15, 0.2) is 0 Å². The van der Waals surface area contributed by atoms with Crippen molar-refractivity contribution in [3.63, 3.8) is 0 Å². The van der Waals surface area contributed by atoms with E-state index in [0.717, 1.165) is 37.1 Å². The Morgan fingerprint density at radius 3 is 2.50 bits per heavy atom. The van der Waals surface area contributed by atoms with E-state index in [0.29, 0.717) is 17.5 Å². The van der Waals surface area contributed by atoms with Crippen molar-refractivity contribution in [1.29, 1.82) is 5.26 Å². The fourth-order valence-corrected chi connectivity index (χ4v) is 2.69. The van der Waals surface area contributed by atoms with E-state index in [4.69, 9.17) is 11.0 Å². The first-order valence-electron chi connectivity index (χ1n) is 6.94. The number of hydrogen-bond donors (Lipinski definition) is 1. The maximum atomic E-state index is 8.80. The van der Waals surface area contributed by atoms with E-state index in [1.165, 1.54) is 0 Å². The molecule has 0 bridgehead atoms. The minimum Gasteiger partial charge on any atom is -0.328 e. The third-order valence-corrected chi connectivity index (χ3v) is 3.96. The zero-order valence-corrected chi connectivity index (χ0v) is 11.2. The number of hydrogen-bond acceptors (Lipinski definition) is 4. The fraction of sp³-hybridized carbons (Fsp3) is 0.400. The fourth-order valence-electron chi connectivity index (χ4n) is 2.69. The van der Waals surface area contributed by atoms with Crippen LogP contribution in [0, 0.1) is 11.3 Å². The average molecular weight is 267 g/mol. The summed E-state index contributed by atoms with van der Waals surface area (Å²) in [4.78, 5) is 0. The van der Waals surface area contributed by atoms with Crippen LogP contribution in [0.15, 0.2) is 30.5 Å². The molecule has 20 heavy (non-hydrogen) atoms. The molecule has 0 atom stereocenters. The number of aromatic nitrogens is 3. The number of nitriles is 1. The van der Waals surface area contributed by atoms with Crippen LogP contribution in [0.3, 0.4) is 0 Å². The van der Waals surface area contributed by atoms with Crippen molar-refractivity contribution in [2.45, 2.75) is 37.6 Å². The topological polar surface area (TPSA) is 80.5 Å². The van der Waals surface area contributed by atoms with Gasteiger partial charge in [0.2, 0.25) is 0 Å². The summed E-state index contributed by atoms with van der Waals surface area (Å²) in [6.07, 6.45) is 6.30. The van der Waals surface area contributed by atoms with Gasteiger partial charge in [0, 0.05) is 12.0 Å². The van der Waals surface area contributed by atoms with Gasteiger partial charge in [0.25, 0.3) is 0 Å². The van der Waals surface area contributed by atoms with E-state index in [-0.39, 0.29) is 0 Å². The van der Waals surface area contributed by atoms with Crippen molar-refractivity contribution >= 4 is 0 Å². The quantitative estimate of drug-likeness (QED) is 0.903. The molecule has 0 radical (unpaired) electrons. The summed E-state index contributed by atoms with van der Waals surface area (Å²) in [6.45, 7) is 0. The number of nitrogens with two attached hydrogens (primary N) is 1. The Hall–Kier alpha value is -2.19. The van der Waals surface area contributed by atoms with Crippen LogP contribution >= 0.6 is 0 Å². The molecule has 1 aliphatic carbocycles. The van der Waals surface area contributed by atoms with Crippen molar-refractivity contribution in [3.8, 4) is 11.8 Å². The molecule has 2 N–H and O–H groups in total. The molecule has 1 saturated carbocycles. The summed E-state index contributed by atoms with van der Waals surface area (Å²) < 4.78 is 1.77. The molecule has 1 aliphatic rings. The smallest absolute Gasteiger partial charge is 0.0991 e. The van der Waals surface area contributed by atoms with Gasteiger partial charge in [-0.15, -0.1) is 5.10 Å². The third-order valence-electron chi connectivity index (χ3n) is 3.96.